The Kier molecular flexibility index (Phi) is 4.56. The Bertz CT molecular complexity index is 862. The van der Waals surface area contributed by atoms with E-state index in [-0.39, 0.29) is 11.1 Å². The second-order valence-electron chi connectivity index (χ2n) is 4.20. The van der Waals surface area contributed by atoms with Crippen molar-refractivity contribution >= 4 is 56.3 Å². The predicted molar refractivity (Wildman–Crippen MR) is 91.2 cm³/mol. The number of nitrogens with two attached hydrogens (primary N) is 1. The van der Waals surface area contributed by atoms with Gasteiger partial charge in [0, 0.05) is 13.6 Å². The summed E-state index contributed by atoms with van der Waals surface area (Å²) in [7, 11) is 0. The lowest BCUT2D eigenvalue weighted by Gasteiger charge is -2.14. The van der Waals surface area contributed by atoms with Crippen LogP contribution in [0, 0.1) is 3.57 Å². The number of anilines is 1. The van der Waals surface area contributed by atoms with Crippen LogP contribution >= 0.6 is 38.5 Å². The molecular formula is C13H8BrIN2O5. The van der Waals surface area contributed by atoms with Crippen molar-refractivity contribution in [3.8, 4) is 11.1 Å². The molecule has 0 spiro atoms. The minimum Gasteiger partial charge on any atom is -0.478 e. The highest BCUT2D eigenvalue weighted by Gasteiger charge is 2.27. The van der Waals surface area contributed by atoms with Crippen molar-refractivity contribution < 1.29 is 19.8 Å². The Balaban J connectivity index is 3.06. The number of pyridine rings is 1. The van der Waals surface area contributed by atoms with Crippen molar-refractivity contribution in [2.75, 3.05) is 5.73 Å². The van der Waals surface area contributed by atoms with E-state index in [0.717, 1.165) is 3.57 Å². The molecule has 0 aliphatic heterocycles. The molecule has 22 heavy (non-hydrogen) atoms. The minimum atomic E-state index is -1.54. The lowest BCUT2D eigenvalue weighted by molar-refractivity contribution is 0.0695. The molecule has 2 rings (SSSR count). The number of aromatic carboxylic acids is 2. The summed E-state index contributed by atoms with van der Waals surface area (Å²) in [5, 5.41) is 18.6. The molecule has 0 saturated heterocycles. The number of hydrogen-bond acceptors (Lipinski definition) is 4. The van der Waals surface area contributed by atoms with E-state index >= 15 is 0 Å². The van der Waals surface area contributed by atoms with Crippen molar-refractivity contribution in [1.82, 2.24) is 4.98 Å². The van der Waals surface area contributed by atoms with Gasteiger partial charge in [-0.2, -0.15) is 0 Å². The van der Waals surface area contributed by atoms with Crippen LogP contribution in [0.5, 0.6) is 0 Å². The van der Waals surface area contributed by atoms with Gasteiger partial charge in [0.2, 0.25) is 0 Å². The van der Waals surface area contributed by atoms with Crippen molar-refractivity contribution in [3.05, 3.63) is 47.7 Å². The third-order valence-corrected chi connectivity index (χ3v) is 5.39. The number of rotatable bonds is 3. The molecule has 0 fully saturated rings. The van der Waals surface area contributed by atoms with Gasteiger partial charge < -0.3 is 20.9 Å². The van der Waals surface area contributed by atoms with E-state index in [1.54, 1.807) is 12.1 Å². The van der Waals surface area contributed by atoms with Gasteiger partial charge in [0.05, 0.1) is 0 Å². The first-order valence-corrected chi connectivity index (χ1v) is 7.59. The van der Waals surface area contributed by atoms with Crippen molar-refractivity contribution in [2.24, 2.45) is 0 Å². The number of carboxylic acid groups (broad SMARTS) is 2. The monoisotopic (exact) mass is 478 g/mol. The summed E-state index contributed by atoms with van der Waals surface area (Å²) in [6, 6.07) is 4.88. The first-order valence-electron chi connectivity index (χ1n) is 5.72. The van der Waals surface area contributed by atoms with E-state index in [9.17, 15) is 24.6 Å². The average molecular weight is 479 g/mol. The average Bonchev–Trinajstić information content (AvgIpc) is 2.39. The van der Waals surface area contributed by atoms with Crippen LogP contribution in [0.15, 0.2) is 27.5 Å². The van der Waals surface area contributed by atoms with Crippen LogP contribution in [0.25, 0.3) is 11.1 Å². The first-order chi connectivity index (χ1) is 10.3. The maximum atomic E-state index is 11.9. The number of H-pyrrole nitrogens is 1. The molecule has 5 N–H and O–H groups in total. The molecule has 0 amide bonds. The van der Waals surface area contributed by atoms with Gasteiger partial charge in [-0.05, 0) is 50.2 Å². The predicted octanol–water partition coefficient (Wildman–Crippen LogP) is 2.39. The summed E-state index contributed by atoms with van der Waals surface area (Å²) < 4.78 is 1.20. The Morgan fingerprint density at radius 2 is 1.77 bits per heavy atom. The topological polar surface area (TPSA) is 133 Å². The van der Waals surface area contributed by atoms with Crippen LogP contribution in [0.4, 0.5) is 5.82 Å². The number of halogens is 2. The smallest absolute Gasteiger partial charge is 0.342 e. The van der Waals surface area contributed by atoms with Gasteiger partial charge in [0.15, 0.2) is 0 Å². The van der Waals surface area contributed by atoms with Gasteiger partial charge in [0.25, 0.3) is 5.56 Å². The highest BCUT2D eigenvalue weighted by Crippen LogP contribution is 2.36. The summed E-state index contributed by atoms with van der Waals surface area (Å²) >= 11 is 5.28. The first kappa shape index (κ1) is 16.5. The number of aromatic nitrogens is 1. The summed E-state index contributed by atoms with van der Waals surface area (Å²) in [5.41, 5.74) is 3.51. The van der Waals surface area contributed by atoms with Gasteiger partial charge in [-0.15, -0.1) is 0 Å². The Morgan fingerprint density at radius 1 is 1.18 bits per heavy atom. The lowest BCUT2D eigenvalue weighted by atomic mass is 9.95. The third kappa shape index (κ3) is 2.73. The molecule has 0 aliphatic carbocycles. The van der Waals surface area contributed by atoms with E-state index in [1.165, 1.54) is 6.07 Å². The summed E-state index contributed by atoms with van der Waals surface area (Å²) in [6.07, 6.45) is 0. The number of benzene rings is 1. The molecule has 114 valence electrons. The van der Waals surface area contributed by atoms with Crippen molar-refractivity contribution in [3.63, 3.8) is 0 Å². The Hall–Kier alpha value is -1.88. The Morgan fingerprint density at radius 3 is 2.32 bits per heavy atom. The zero-order chi connectivity index (χ0) is 16.6. The van der Waals surface area contributed by atoms with Crippen LogP contribution in [0.1, 0.15) is 20.7 Å². The van der Waals surface area contributed by atoms with E-state index in [1.807, 2.05) is 22.6 Å². The van der Waals surface area contributed by atoms with Gasteiger partial charge in [0.1, 0.15) is 16.9 Å². The summed E-state index contributed by atoms with van der Waals surface area (Å²) in [6.45, 7) is 0. The second-order valence-corrected chi connectivity index (χ2v) is 6.16. The number of hydrogen-bond donors (Lipinski definition) is 4. The number of carbonyl (C=O) groups is 2. The van der Waals surface area contributed by atoms with Gasteiger partial charge in [-0.25, -0.2) is 9.59 Å². The second kappa shape index (κ2) is 6.08. The standard InChI is InChI=1S/C13H8BrIN2O5/c14-9-4(2-1-3-5(9)15)6-7(12(19)20)10(16)17-11(18)8(6)13(21)22/h1-3H,(H,19,20)(H,21,22)(H3,16,17,18). The van der Waals surface area contributed by atoms with Crippen molar-refractivity contribution in [2.45, 2.75) is 0 Å². The largest absolute Gasteiger partial charge is 0.478 e. The highest BCUT2D eigenvalue weighted by atomic mass is 127. The van der Waals surface area contributed by atoms with Crippen LogP contribution in [0.3, 0.4) is 0 Å². The fraction of sp³-hybridized carbons (Fsp3) is 0. The summed E-state index contributed by atoms with van der Waals surface area (Å²) in [4.78, 5) is 36.9. The van der Waals surface area contributed by atoms with Crippen LogP contribution < -0.4 is 11.3 Å². The quantitative estimate of drug-likeness (QED) is 0.500. The van der Waals surface area contributed by atoms with E-state index in [4.69, 9.17) is 5.73 Å². The summed E-state index contributed by atoms with van der Waals surface area (Å²) in [5.74, 6) is -3.37. The highest BCUT2D eigenvalue weighted by molar-refractivity contribution is 14.1. The zero-order valence-corrected chi connectivity index (χ0v) is 14.4. The zero-order valence-electron chi connectivity index (χ0n) is 10.7. The number of carboxylic acids is 2. The fourth-order valence-electron chi connectivity index (χ4n) is 2.01. The minimum absolute atomic E-state index is 0.230. The number of nitrogens with one attached hydrogen (secondary N) is 1. The fourth-order valence-corrected chi connectivity index (χ4v) is 2.97. The molecule has 7 nitrogen and oxygen atoms in total. The van der Waals surface area contributed by atoms with E-state index < -0.39 is 34.4 Å². The molecular weight excluding hydrogens is 471 g/mol. The maximum absolute atomic E-state index is 11.9. The molecule has 0 saturated carbocycles. The van der Waals surface area contributed by atoms with Crippen LogP contribution in [0.2, 0.25) is 0 Å². The molecule has 1 aromatic carbocycles. The van der Waals surface area contributed by atoms with Crippen LogP contribution in [-0.2, 0) is 0 Å². The van der Waals surface area contributed by atoms with Crippen LogP contribution in [-0.4, -0.2) is 27.1 Å². The van der Waals surface area contributed by atoms with Gasteiger partial charge in [-0.3, -0.25) is 4.79 Å². The number of aromatic amines is 1. The molecule has 0 atom stereocenters. The molecule has 9 heteroatoms. The Labute approximate surface area is 145 Å². The van der Waals surface area contributed by atoms with E-state index in [0.29, 0.717) is 4.47 Å². The SMILES string of the molecule is Nc1[nH]c(=O)c(C(=O)O)c(-c2cccc(I)c2Br)c1C(=O)O. The van der Waals surface area contributed by atoms with Gasteiger partial charge >= 0.3 is 11.9 Å². The maximum Gasteiger partial charge on any atom is 0.342 e. The van der Waals surface area contributed by atoms with Crippen molar-refractivity contribution in [1.29, 1.82) is 0 Å². The molecule has 1 heterocycles. The van der Waals surface area contributed by atoms with E-state index in [2.05, 4.69) is 20.9 Å². The van der Waals surface area contributed by atoms with Gasteiger partial charge in [-0.1, -0.05) is 12.1 Å². The molecule has 0 unspecified atom stereocenters. The lowest BCUT2D eigenvalue weighted by Crippen LogP contribution is -2.24. The molecule has 1 aromatic heterocycles. The normalized spacial score (nSPS) is 10.5. The number of nitrogen functional groups attached to an aromatic ring is 1. The molecule has 0 radical (unpaired) electrons. The third-order valence-electron chi connectivity index (χ3n) is 2.89. The molecule has 0 bridgehead atoms. The molecule has 2 aromatic rings. The molecule has 0 aliphatic rings.